The summed E-state index contributed by atoms with van der Waals surface area (Å²) in [6.07, 6.45) is 5.09. The molecule has 0 spiro atoms. The van der Waals surface area contributed by atoms with Crippen LogP contribution in [0.1, 0.15) is 47.9 Å². The number of para-hydroxylation sites is 2. The van der Waals surface area contributed by atoms with Crippen LogP contribution < -0.4 is 4.90 Å². The highest BCUT2D eigenvalue weighted by atomic mass is 16.2. The highest BCUT2D eigenvalue weighted by Gasteiger charge is 2.43. The molecule has 0 radical (unpaired) electrons. The number of piperidine rings is 1. The molecule has 5 heteroatoms. The van der Waals surface area contributed by atoms with Crippen molar-refractivity contribution in [1.29, 1.82) is 0 Å². The number of carbonyl (C=O) groups is 2. The van der Waals surface area contributed by atoms with Crippen LogP contribution in [0.25, 0.3) is 0 Å². The van der Waals surface area contributed by atoms with E-state index in [1.54, 1.807) is 4.90 Å². The number of rotatable bonds is 8. The summed E-state index contributed by atoms with van der Waals surface area (Å²) in [6.45, 7) is 2.68. The Hall–Kier alpha value is -4.22. The molecular formula is C39H43N3O2. The minimum atomic E-state index is -0.758. The molecule has 0 unspecified atom stereocenters. The van der Waals surface area contributed by atoms with Crippen LogP contribution >= 0.6 is 0 Å². The highest BCUT2D eigenvalue weighted by molar-refractivity contribution is 6.02. The van der Waals surface area contributed by atoms with Gasteiger partial charge in [0.15, 0.2) is 0 Å². The van der Waals surface area contributed by atoms with E-state index in [1.807, 2.05) is 67.5 Å². The van der Waals surface area contributed by atoms with Crippen molar-refractivity contribution in [2.24, 2.45) is 5.92 Å². The first kappa shape index (κ1) is 29.8. The molecule has 2 heterocycles. The molecule has 0 N–H and O–H groups in total. The van der Waals surface area contributed by atoms with Crippen LogP contribution in [-0.4, -0.2) is 55.3 Å². The summed E-state index contributed by atoms with van der Waals surface area (Å²) in [4.78, 5) is 34.2. The second-order valence-electron chi connectivity index (χ2n) is 12.6. The van der Waals surface area contributed by atoms with Crippen molar-refractivity contribution in [3.05, 3.63) is 131 Å². The van der Waals surface area contributed by atoms with Gasteiger partial charge in [-0.3, -0.25) is 14.5 Å². The number of likely N-dealkylation sites (tertiary alicyclic amines) is 1. The number of aryl methyl sites for hydroxylation is 2. The Morgan fingerprint density at radius 3 is 1.68 bits per heavy atom. The molecule has 2 aliphatic heterocycles. The Kier molecular flexibility index (Phi) is 8.94. The second-order valence-corrected chi connectivity index (χ2v) is 12.6. The van der Waals surface area contributed by atoms with E-state index in [-0.39, 0.29) is 11.8 Å². The largest absolute Gasteiger partial charge is 0.348 e. The van der Waals surface area contributed by atoms with E-state index in [2.05, 4.69) is 65.6 Å². The first-order valence-corrected chi connectivity index (χ1v) is 16.0. The zero-order chi connectivity index (χ0) is 30.5. The molecule has 6 rings (SSSR count). The van der Waals surface area contributed by atoms with Gasteiger partial charge in [-0.25, -0.2) is 0 Å². The molecule has 2 aliphatic rings. The first-order chi connectivity index (χ1) is 21.5. The van der Waals surface area contributed by atoms with E-state index >= 15 is 0 Å². The van der Waals surface area contributed by atoms with E-state index < -0.39 is 5.41 Å². The average molecular weight is 586 g/mol. The molecule has 44 heavy (non-hydrogen) atoms. The molecule has 0 saturated carbocycles. The molecule has 2 amide bonds. The minimum absolute atomic E-state index is 0.105. The Balaban J connectivity index is 1.16. The van der Waals surface area contributed by atoms with Crippen molar-refractivity contribution in [2.75, 3.05) is 38.6 Å². The van der Waals surface area contributed by atoms with E-state index in [9.17, 15) is 9.59 Å². The summed E-state index contributed by atoms with van der Waals surface area (Å²) >= 11 is 0. The van der Waals surface area contributed by atoms with Gasteiger partial charge in [0.05, 0.1) is 11.4 Å². The molecule has 4 aromatic carbocycles. The number of nitrogens with zero attached hydrogens (tertiary/aromatic N) is 3. The normalized spacial score (nSPS) is 15.6. The molecule has 4 aromatic rings. The number of hydrogen-bond donors (Lipinski definition) is 0. The summed E-state index contributed by atoms with van der Waals surface area (Å²) in [5.74, 6) is 0.639. The van der Waals surface area contributed by atoms with Crippen molar-refractivity contribution < 1.29 is 9.59 Å². The summed E-state index contributed by atoms with van der Waals surface area (Å²) in [6, 6.07) is 37.2. The maximum absolute atomic E-state index is 14.0. The number of benzene rings is 4. The third-order valence-corrected chi connectivity index (χ3v) is 9.66. The summed E-state index contributed by atoms with van der Waals surface area (Å²) in [7, 11) is 3.71. The lowest BCUT2D eigenvalue weighted by Gasteiger charge is -2.39. The smallest absolute Gasteiger partial charge is 0.237 e. The topological polar surface area (TPSA) is 43.9 Å². The molecular weight excluding hydrogens is 542 g/mol. The molecule has 5 nitrogen and oxygen atoms in total. The van der Waals surface area contributed by atoms with Crippen molar-refractivity contribution in [3.63, 3.8) is 0 Å². The number of anilines is 2. The van der Waals surface area contributed by atoms with Crippen LogP contribution in [0.15, 0.2) is 109 Å². The fourth-order valence-corrected chi connectivity index (χ4v) is 7.26. The number of carbonyl (C=O) groups excluding carboxylic acids is 2. The fourth-order valence-electron chi connectivity index (χ4n) is 7.26. The van der Waals surface area contributed by atoms with Gasteiger partial charge in [0.25, 0.3) is 0 Å². The lowest BCUT2D eigenvalue weighted by atomic mass is 9.70. The van der Waals surface area contributed by atoms with Crippen LogP contribution in [0.2, 0.25) is 0 Å². The number of hydrogen-bond acceptors (Lipinski definition) is 3. The third-order valence-electron chi connectivity index (χ3n) is 9.66. The van der Waals surface area contributed by atoms with E-state index in [0.717, 1.165) is 67.8 Å². The van der Waals surface area contributed by atoms with E-state index in [4.69, 9.17) is 0 Å². The molecule has 0 aliphatic carbocycles. The molecule has 1 saturated heterocycles. The number of amides is 2. The van der Waals surface area contributed by atoms with Gasteiger partial charge in [-0.05, 0) is 92.0 Å². The zero-order valence-corrected chi connectivity index (χ0v) is 26.0. The second kappa shape index (κ2) is 13.2. The SMILES string of the molecule is CN(C)C(=O)C(CCN1CCC(CC(=O)N2c3ccccc3CCc3ccccc32)CC1)(c1ccccc1)c1ccccc1. The van der Waals surface area contributed by atoms with Gasteiger partial charge in [-0.15, -0.1) is 0 Å². The van der Waals surface area contributed by atoms with Gasteiger partial charge < -0.3 is 9.80 Å². The van der Waals surface area contributed by atoms with Crippen LogP contribution in [0, 0.1) is 5.92 Å². The van der Waals surface area contributed by atoms with Crippen LogP contribution in [0.3, 0.4) is 0 Å². The van der Waals surface area contributed by atoms with Crippen LogP contribution in [0.5, 0.6) is 0 Å². The zero-order valence-electron chi connectivity index (χ0n) is 26.0. The van der Waals surface area contributed by atoms with Crippen molar-refractivity contribution >= 4 is 23.2 Å². The van der Waals surface area contributed by atoms with Gasteiger partial charge in [0, 0.05) is 20.5 Å². The average Bonchev–Trinajstić information content (AvgIpc) is 3.24. The summed E-state index contributed by atoms with van der Waals surface area (Å²) < 4.78 is 0. The van der Waals surface area contributed by atoms with Crippen molar-refractivity contribution in [2.45, 2.75) is 43.9 Å². The van der Waals surface area contributed by atoms with Gasteiger partial charge in [0.1, 0.15) is 5.41 Å². The highest BCUT2D eigenvalue weighted by Crippen LogP contribution is 2.39. The lowest BCUT2D eigenvalue weighted by Crippen LogP contribution is -2.47. The summed E-state index contributed by atoms with van der Waals surface area (Å²) in [5.41, 5.74) is 5.84. The quantitative estimate of drug-likeness (QED) is 0.223. The Bertz CT molecular complexity index is 1490. The van der Waals surface area contributed by atoms with Gasteiger partial charge in [-0.1, -0.05) is 97.1 Å². The van der Waals surface area contributed by atoms with Gasteiger partial charge in [0.2, 0.25) is 11.8 Å². The molecule has 0 bridgehead atoms. The molecule has 1 fully saturated rings. The number of likely N-dealkylation sites (N-methyl/N-ethyl adjacent to an activating group) is 1. The standard InChI is InChI=1S/C39H43N3O2/c1-40(2)38(44)39(33-15-5-3-6-16-33,34-17-7-4-8-18-34)25-28-41-26-23-30(24-27-41)29-37(43)42-35-19-11-9-13-31(35)21-22-32-14-10-12-20-36(32)42/h3-20,30H,21-29H2,1-2H3. The van der Waals surface area contributed by atoms with Crippen molar-refractivity contribution in [1.82, 2.24) is 9.80 Å². The fraction of sp³-hybridized carbons (Fsp3) is 0.333. The monoisotopic (exact) mass is 585 g/mol. The maximum atomic E-state index is 14.0. The Labute approximate surface area is 262 Å². The predicted octanol–water partition coefficient (Wildman–Crippen LogP) is 7.02. The lowest BCUT2D eigenvalue weighted by molar-refractivity contribution is -0.133. The van der Waals surface area contributed by atoms with E-state index in [0.29, 0.717) is 18.8 Å². The molecule has 0 aromatic heterocycles. The van der Waals surface area contributed by atoms with Crippen LogP contribution in [0.4, 0.5) is 11.4 Å². The van der Waals surface area contributed by atoms with Gasteiger partial charge >= 0.3 is 0 Å². The van der Waals surface area contributed by atoms with Crippen LogP contribution in [-0.2, 0) is 27.8 Å². The van der Waals surface area contributed by atoms with Crippen molar-refractivity contribution in [3.8, 4) is 0 Å². The minimum Gasteiger partial charge on any atom is -0.348 e. The summed E-state index contributed by atoms with van der Waals surface area (Å²) in [5, 5.41) is 0. The predicted molar refractivity (Wildman–Crippen MR) is 178 cm³/mol. The maximum Gasteiger partial charge on any atom is 0.237 e. The Morgan fingerprint density at radius 1 is 0.705 bits per heavy atom. The first-order valence-electron chi connectivity index (χ1n) is 16.0. The Morgan fingerprint density at radius 2 is 1.18 bits per heavy atom. The molecule has 226 valence electrons. The molecule has 0 atom stereocenters. The number of fused-ring (bicyclic) bond motifs is 2. The van der Waals surface area contributed by atoms with Gasteiger partial charge in [-0.2, -0.15) is 0 Å². The third kappa shape index (κ3) is 5.94. The van der Waals surface area contributed by atoms with E-state index in [1.165, 1.54) is 11.1 Å².